The van der Waals surface area contributed by atoms with Crippen LogP contribution in [0.2, 0.25) is 0 Å². The Labute approximate surface area is 105 Å². The van der Waals surface area contributed by atoms with E-state index in [9.17, 15) is 0 Å². The van der Waals surface area contributed by atoms with E-state index in [4.69, 9.17) is 0 Å². The quantitative estimate of drug-likeness (QED) is 0.509. The zero-order chi connectivity index (χ0) is 11.5. The molecule has 0 fully saturated rings. The minimum absolute atomic E-state index is 1.06. The highest BCUT2D eigenvalue weighted by atomic mass is 32.1. The summed E-state index contributed by atoms with van der Waals surface area (Å²) in [5, 5.41) is 1.27. The van der Waals surface area contributed by atoms with Crippen LogP contribution in [0.4, 0.5) is 0 Å². The van der Waals surface area contributed by atoms with Crippen molar-refractivity contribution in [1.29, 1.82) is 0 Å². The van der Waals surface area contributed by atoms with Crippen LogP contribution in [0, 0.1) is 11.8 Å². The van der Waals surface area contributed by atoms with E-state index >= 15 is 0 Å². The molecule has 0 radical (unpaired) electrons. The Morgan fingerprint density at radius 3 is 2.35 bits per heavy atom. The van der Waals surface area contributed by atoms with Gasteiger partial charge in [0.05, 0.1) is 4.88 Å². The molecule has 80 valence electrons. The molecule has 3 aromatic rings. The summed E-state index contributed by atoms with van der Waals surface area (Å²) in [6.07, 6.45) is 0. The first-order chi connectivity index (χ1) is 8.42. The van der Waals surface area contributed by atoms with Crippen molar-refractivity contribution in [3.63, 3.8) is 0 Å². The number of hydrogen-bond donors (Lipinski definition) is 0. The second kappa shape index (κ2) is 4.45. The topological polar surface area (TPSA) is 0 Å². The van der Waals surface area contributed by atoms with Gasteiger partial charge in [0.1, 0.15) is 0 Å². The van der Waals surface area contributed by atoms with E-state index in [0.29, 0.717) is 0 Å². The second-order valence-corrected chi connectivity index (χ2v) is 4.85. The summed E-state index contributed by atoms with van der Waals surface area (Å²) in [6.45, 7) is 0. The van der Waals surface area contributed by atoms with Gasteiger partial charge in [0, 0.05) is 10.3 Å². The van der Waals surface area contributed by atoms with Crippen molar-refractivity contribution in [2.75, 3.05) is 0 Å². The van der Waals surface area contributed by atoms with E-state index < -0.39 is 0 Å². The van der Waals surface area contributed by atoms with Gasteiger partial charge in [-0.3, -0.25) is 0 Å². The number of rotatable bonds is 0. The molecule has 1 heteroatoms. The molecule has 1 aromatic heterocycles. The molecule has 3 rings (SSSR count). The van der Waals surface area contributed by atoms with Crippen LogP contribution in [0.15, 0.2) is 60.7 Å². The Bertz CT molecular complexity index is 663. The first kappa shape index (κ1) is 10.1. The number of fused-ring (bicyclic) bond motifs is 1. The highest BCUT2D eigenvalue weighted by Crippen LogP contribution is 2.24. The molecule has 0 saturated carbocycles. The summed E-state index contributed by atoms with van der Waals surface area (Å²) < 4.78 is 1.30. The molecule has 0 aliphatic carbocycles. The standard InChI is InChI=1S/C16H10S/c1-2-6-13(7-3-1)10-11-15-12-14-8-4-5-9-16(14)17-15/h1-9,12H. The summed E-state index contributed by atoms with van der Waals surface area (Å²) in [7, 11) is 0. The highest BCUT2D eigenvalue weighted by molar-refractivity contribution is 7.19. The van der Waals surface area contributed by atoms with Crippen molar-refractivity contribution in [3.05, 3.63) is 71.1 Å². The van der Waals surface area contributed by atoms with E-state index in [0.717, 1.165) is 10.4 Å². The SMILES string of the molecule is C(#Cc1cc2ccccc2s1)c1ccccc1. The van der Waals surface area contributed by atoms with E-state index in [1.54, 1.807) is 11.3 Å². The predicted octanol–water partition coefficient (Wildman–Crippen LogP) is 4.30. The lowest BCUT2D eigenvalue weighted by molar-refractivity contribution is 1.65. The van der Waals surface area contributed by atoms with Crippen LogP contribution in [0.25, 0.3) is 10.1 Å². The molecule has 0 aliphatic heterocycles. The molecule has 1 heterocycles. The van der Waals surface area contributed by atoms with Crippen molar-refractivity contribution >= 4 is 21.4 Å². The Hall–Kier alpha value is -2.04. The van der Waals surface area contributed by atoms with Gasteiger partial charge in [0.2, 0.25) is 0 Å². The Balaban J connectivity index is 1.98. The van der Waals surface area contributed by atoms with Crippen LogP contribution in [0.3, 0.4) is 0 Å². The molecule has 0 nitrogen and oxygen atoms in total. The lowest BCUT2D eigenvalue weighted by atomic mass is 10.2. The lowest BCUT2D eigenvalue weighted by Gasteiger charge is -1.85. The maximum absolute atomic E-state index is 3.22. The highest BCUT2D eigenvalue weighted by Gasteiger charge is 1.97. The minimum atomic E-state index is 1.06. The fraction of sp³-hybridized carbons (Fsp3) is 0. The van der Waals surface area contributed by atoms with Gasteiger partial charge < -0.3 is 0 Å². The van der Waals surface area contributed by atoms with Crippen molar-refractivity contribution < 1.29 is 0 Å². The molecule has 0 saturated heterocycles. The average Bonchev–Trinajstić information content (AvgIpc) is 2.80. The minimum Gasteiger partial charge on any atom is -0.127 e. The third-order valence-electron chi connectivity index (χ3n) is 2.53. The first-order valence-corrected chi connectivity index (χ1v) is 6.29. The van der Waals surface area contributed by atoms with Crippen LogP contribution in [0.5, 0.6) is 0 Å². The summed E-state index contributed by atoms with van der Waals surface area (Å²) in [4.78, 5) is 1.12. The summed E-state index contributed by atoms with van der Waals surface area (Å²) in [5.41, 5.74) is 1.06. The van der Waals surface area contributed by atoms with Gasteiger partial charge in [0.15, 0.2) is 0 Å². The molecule has 0 aliphatic rings. The fourth-order valence-electron chi connectivity index (χ4n) is 1.70. The summed E-state index contributed by atoms with van der Waals surface area (Å²) >= 11 is 1.74. The third kappa shape index (κ3) is 2.22. The Morgan fingerprint density at radius 1 is 0.765 bits per heavy atom. The predicted molar refractivity (Wildman–Crippen MR) is 74.2 cm³/mol. The van der Waals surface area contributed by atoms with Crippen LogP contribution in [0.1, 0.15) is 10.4 Å². The van der Waals surface area contributed by atoms with Crippen LogP contribution in [-0.2, 0) is 0 Å². The lowest BCUT2D eigenvalue weighted by Crippen LogP contribution is -1.70. The van der Waals surface area contributed by atoms with Crippen LogP contribution in [-0.4, -0.2) is 0 Å². The first-order valence-electron chi connectivity index (χ1n) is 5.47. The van der Waals surface area contributed by atoms with Crippen LogP contribution >= 0.6 is 11.3 Å². The van der Waals surface area contributed by atoms with Gasteiger partial charge in [-0.1, -0.05) is 48.2 Å². The van der Waals surface area contributed by atoms with E-state index in [2.05, 4.69) is 42.2 Å². The van der Waals surface area contributed by atoms with Gasteiger partial charge in [-0.05, 0) is 29.7 Å². The van der Waals surface area contributed by atoms with Crippen LogP contribution < -0.4 is 0 Å². The maximum atomic E-state index is 3.22. The summed E-state index contributed by atoms with van der Waals surface area (Å²) in [5.74, 6) is 6.40. The third-order valence-corrected chi connectivity index (χ3v) is 3.56. The molecular weight excluding hydrogens is 224 g/mol. The van der Waals surface area contributed by atoms with Crippen molar-refractivity contribution in [2.45, 2.75) is 0 Å². The maximum Gasteiger partial charge on any atom is 0.0784 e. The normalized spacial score (nSPS) is 9.88. The van der Waals surface area contributed by atoms with Gasteiger partial charge in [-0.15, -0.1) is 11.3 Å². The van der Waals surface area contributed by atoms with Gasteiger partial charge in [0.25, 0.3) is 0 Å². The second-order valence-electron chi connectivity index (χ2n) is 3.76. The van der Waals surface area contributed by atoms with Crippen molar-refractivity contribution in [1.82, 2.24) is 0 Å². The van der Waals surface area contributed by atoms with Gasteiger partial charge >= 0.3 is 0 Å². The molecule has 0 unspecified atom stereocenters. The molecular formula is C16H10S. The number of benzene rings is 2. The van der Waals surface area contributed by atoms with E-state index in [-0.39, 0.29) is 0 Å². The number of thiophene rings is 1. The van der Waals surface area contributed by atoms with E-state index in [1.807, 2.05) is 30.3 Å². The van der Waals surface area contributed by atoms with Gasteiger partial charge in [-0.25, -0.2) is 0 Å². The fourth-order valence-corrected chi connectivity index (χ4v) is 2.62. The summed E-state index contributed by atoms with van der Waals surface area (Å²) in [6, 6.07) is 20.6. The molecule has 17 heavy (non-hydrogen) atoms. The largest absolute Gasteiger partial charge is 0.127 e. The molecule has 0 N–H and O–H groups in total. The Morgan fingerprint density at radius 2 is 1.53 bits per heavy atom. The monoisotopic (exact) mass is 234 g/mol. The molecule has 0 atom stereocenters. The van der Waals surface area contributed by atoms with Crippen molar-refractivity contribution in [3.8, 4) is 11.8 Å². The zero-order valence-electron chi connectivity index (χ0n) is 9.18. The molecule has 2 aromatic carbocycles. The smallest absolute Gasteiger partial charge is 0.0784 e. The van der Waals surface area contributed by atoms with E-state index in [1.165, 1.54) is 10.1 Å². The molecule has 0 spiro atoms. The Kier molecular flexibility index (Phi) is 2.65. The van der Waals surface area contributed by atoms with Crippen molar-refractivity contribution in [2.24, 2.45) is 0 Å². The molecule has 0 amide bonds. The number of hydrogen-bond acceptors (Lipinski definition) is 1. The average molecular weight is 234 g/mol. The molecule has 0 bridgehead atoms. The van der Waals surface area contributed by atoms with Gasteiger partial charge in [-0.2, -0.15) is 0 Å². The zero-order valence-corrected chi connectivity index (χ0v) is 10.00.